The highest BCUT2D eigenvalue weighted by molar-refractivity contribution is 7.99. The van der Waals surface area contributed by atoms with Crippen LogP contribution in [0.1, 0.15) is 52.3 Å². The maximum atomic E-state index is 4.38. The molecule has 0 spiro atoms. The van der Waals surface area contributed by atoms with Gasteiger partial charge in [-0.15, -0.1) is 10.2 Å². The van der Waals surface area contributed by atoms with E-state index in [4.69, 9.17) is 0 Å². The van der Waals surface area contributed by atoms with E-state index in [1.165, 1.54) is 31.5 Å². The molecule has 1 aromatic rings. The van der Waals surface area contributed by atoms with E-state index < -0.39 is 0 Å². The van der Waals surface area contributed by atoms with E-state index in [9.17, 15) is 0 Å². The molecule has 0 saturated carbocycles. The topological polar surface area (TPSA) is 42.7 Å². The van der Waals surface area contributed by atoms with Crippen molar-refractivity contribution >= 4 is 11.8 Å². The van der Waals surface area contributed by atoms with Crippen molar-refractivity contribution in [2.75, 3.05) is 13.1 Å². The molecule has 2 rings (SSSR count). The van der Waals surface area contributed by atoms with Crippen molar-refractivity contribution in [2.45, 2.75) is 69.8 Å². The van der Waals surface area contributed by atoms with E-state index in [1.807, 2.05) is 11.8 Å². The Labute approximate surface area is 127 Å². The molecule has 1 unspecified atom stereocenters. The monoisotopic (exact) mass is 296 g/mol. The molecule has 114 valence electrons. The van der Waals surface area contributed by atoms with E-state index in [2.05, 4.69) is 40.9 Å². The molecule has 0 aliphatic carbocycles. The van der Waals surface area contributed by atoms with E-state index in [1.54, 1.807) is 0 Å². The molecule has 1 N–H and O–H groups in total. The van der Waals surface area contributed by atoms with Gasteiger partial charge in [0.1, 0.15) is 5.82 Å². The third-order valence-electron chi connectivity index (χ3n) is 3.71. The number of aromatic nitrogens is 3. The largest absolute Gasteiger partial charge is 0.316 e. The number of hydrogen-bond acceptors (Lipinski definition) is 4. The van der Waals surface area contributed by atoms with Crippen LogP contribution in [0, 0.1) is 5.92 Å². The molecule has 0 bridgehead atoms. The van der Waals surface area contributed by atoms with Crippen LogP contribution in [0.2, 0.25) is 0 Å². The van der Waals surface area contributed by atoms with Crippen LogP contribution in [0.15, 0.2) is 5.16 Å². The molecule has 2 heterocycles. The highest BCUT2D eigenvalue weighted by Crippen LogP contribution is 2.24. The van der Waals surface area contributed by atoms with E-state index in [-0.39, 0.29) is 0 Å². The quantitative estimate of drug-likeness (QED) is 0.620. The van der Waals surface area contributed by atoms with E-state index in [0.717, 1.165) is 37.1 Å². The first-order chi connectivity index (χ1) is 9.66. The van der Waals surface area contributed by atoms with Gasteiger partial charge in [-0.05, 0) is 31.7 Å². The van der Waals surface area contributed by atoms with Gasteiger partial charge in [-0.2, -0.15) is 0 Å². The first kappa shape index (κ1) is 15.8. The highest BCUT2D eigenvalue weighted by atomic mass is 32.2. The Morgan fingerprint density at radius 2 is 2.05 bits per heavy atom. The molecule has 1 aliphatic heterocycles. The summed E-state index contributed by atoms with van der Waals surface area (Å²) in [6, 6.07) is 0. The lowest BCUT2D eigenvalue weighted by molar-refractivity contribution is 0.538. The molecule has 4 nitrogen and oxygen atoms in total. The zero-order valence-corrected chi connectivity index (χ0v) is 13.9. The van der Waals surface area contributed by atoms with Gasteiger partial charge in [0.2, 0.25) is 0 Å². The summed E-state index contributed by atoms with van der Waals surface area (Å²) in [6.45, 7) is 10.1. The highest BCUT2D eigenvalue weighted by Gasteiger charge is 2.16. The summed E-state index contributed by atoms with van der Waals surface area (Å²) in [7, 11) is 0. The summed E-state index contributed by atoms with van der Waals surface area (Å²) in [5.74, 6) is 1.96. The van der Waals surface area contributed by atoms with Crippen molar-refractivity contribution in [3.05, 3.63) is 5.82 Å². The van der Waals surface area contributed by atoms with E-state index >= 15 is 0 Å². The molecule has 0 fully saturated rings. The maximum absolute atomic E-state index is 4.38. The lowest BCUT2D eigenvalue weighted by atomic mass is 10.1. The predicted molar refractivity (Wildman–Crippen MR) is 85.2 cm³/mol. The second-order valence-electron chi connectivity index (χ2n) is 6.18. The zero-order valence-electron chi connectivity index (χ0n) is 13.1. The van der Waals surface area contributed by atoms with Crippen molar-refractivity contribution in [1.82, 2.24) is 20.1 Å². The molecular weight excluding hydrogens is 268 g/mol. The van der Waals surface area contributed by atoms with Crippen LogP contribution in [0.3, 0.4) is 0 Å². The average molecular weight is 296 g/mol. The van der Waals surface area contributed by atoms with E-state index in [0.29, 0.717) is 5.25 Å². The normalized spacial score (nSPS) is 17.0. The fourth-order valence-corrected chi connectivity index (χ4v) is 3.44. The van der Waals surface area contributed by atoms with Crippen LogP contribution >= 0.6 is 11.8 Å². The third-order valence-corrected chi connectivity index (χ3v) is 4.79. The molecule has 1 aliphatic rings. The average Bonchev–Trinajstić information content (AvgIpc) is 2.63. The molecule has 1 atom stereocenters. The van der Waals surface area contributed by atoms with Crippen molar-refractivity contribution in [3.63, 3.8) is 0 Å². The smallest absolute Gasteiger partial charge is 0.191 e. The van der Waals surface area contributed by atoms with Gasteiger partial charge in [-0.3, -0.25) is 0 Å². The molecule has 0 radical (unpaired) electrons. The van der Waals surface area contributed by atoms with Crippen molar-refractivity contribution < 1.29 is 0 Å². The number of aryl methyl sites for hydroxylation is 1. The Bertz CT molecular complexity index is 403. The SMILES string of the molecule is CC(C)CCNCC(C)Sc1nnc2n1CCCCC2. The van der Waals surface area contributed by atoms with Crippen LogP contribution in [-0.4, -0.2) is 33.1 Å². The Morgan fingerprint density at radius 1 is 1.20 bits per heavy atom. The summed E-state index contributed by atoms with van der Waals surface area (Å²) in [5.41, 5.74) is 0. The minimum absolute atomic E-state index is 0.540. The second kappa shape index (κ2) is 8.03. The fraction of sp³-hybridized carbons (Fsp3) is 0.867. The minimum atomic E-state index is 0.540. The minimum Gasteiger partial charge on any atom is -0.316 e. The number of hydrogen-bond donors (Lipinski definition) is 1. The number of rotatable bonds is 7. The van der Waals surface area contributed by atoms with Crippen LogP contribution in [-0.2, 0) is 13.0 Å². The van der Waals surface area contributed by atoms with Crippen molar-refractivity contribution in [1.29, 1.82) is 0 Å². The Balaban J connectivity index is 1.79. The molecule has 5 heteroatoms. The van der Waals surface area contributed by atoms with Gasteiger partial charge >= 0.3 is 0 Å². The molecule has 1 aromatic heterocycles. The Hall–Kier alpha value is -0.550. The Morgan fingerprint density at radius 3 is 2.85 bits per heavy atom. The summed E-state index contributed by atoms with van der Waals surface area (Å²) in [6.07, 6.45) is 6.18. The van der Waals surface area contributed by atoms with Crippen LogP contribution < -0.4 is 5.32 Å². The van der Waals surface area contributed by atoms with Gasteiger partial charge in [0.05, 0.1) is 0 Å². The summed E-state index contributed by atoms with van der Waals surface area (Å²) >= 11 is 1.86. The molecule has 0 amide bonds. The lowest BCUT2D eigenvalue weighted by Gasteiger charge is -2.13. The summed E-state index contributed by atoms with van der Waals surface area (Å²) in [5, 5.41) is 13.9. The second-order valence-corrected chi connectivity index (χ2v) is 7.58. The molecule has 0 saturated heterocycles. The van der Waals surface area contributed by atoms with Crippen LogP contribution in [0.25, 0.3) is 0 Å². The number of nitrogens with zero attached hydrogens (tertiary/aromatic N) is 3. The summed E-state index contributed by atoms with van der Waals surface area (Å²) in [4.78, 5) is 0. The van der Waals surface area contributed by atoms with Crippen molar-refractivity contribution in [2.24, 2.45) is 5.92 Å². The van der Waals surface area contributed by atoms with Crippen LogP contribution in [0.4, 0.5) is 0 Å². The van der Waals surface area contributed by atoms with Gasteiger partial charge < -0.3 is 9.88 Å². The maximum Gasteiger partial charge on any atom is 0.191 e. The molecule has 20 heavy (non-hydrogen) atoms. The lowest BCUT2D eigenvalue weighted by Crippen LogP contribution is -2.24. The number of nitrogens with one attached hydrogen (secondary N) is 1. The van der Waals surface area contributed by atoms with Crippen LogP contribution in [0.5, 0.6) is 0 Å². The van der Waals surface area contributed by atoms with Gasteiger partial charge in [0.15, 0.2) is 5.16 Å². The Kier molecular flexibility index (Phi) is 6.36. The van der Waals surface area contributed by atoms with Crippen molar-refractivity contribution in [3.8, 4) is 0 Å². The third kappa shape index (κ3) is 4.77. The fourth-order valence-electron chi connectivity index (χ4n) is 2.46. The predicted octanol–water partition coefficient (Wildman–Crippen LogP) is 3.12. The number of fused-ring (bicyclic) bond motifs is 1. The van der Waals surface area contributed by atoms with Gasteiger partial charge in [-0.1, -0.05) is 39.0 Å². The first-order valence-corrected chi connectivity index (χ1v) is 8.84. The molecular formula is C15H28N4S. The van der Waals surface area contributed by atoms with Gasteiger partial charge in [0.25, 0.3) is 0 Å². The number of thioether (sulfide) groups is 1. The molecule has 0 aromatic carbocycles. The first-order valence-electron chi connectivity index (χ1n) is 7.96. The summed E-state index contributed by atoms with van der Waals surface area (Å²) < 4.78 is 2.34. The standard InChI is InChI=1S/C15H28N4S/c1-12(2)8-9-16-11-13(3)20-15-18-17-14-7-5-4-6-10-19(14)15/h12-13,16H,4-11H2,1-3H3. The van der Waals surface area contributed by atoms with Gasteiger partial charge in [0, 0.05) is 24.8 Å². The van der Waals surface area contributed by atoms with Gasteiger partial charge in [-0.25, -0.2) is 0 Å². The zero-order chi connectivity index (χ0) is 14.4.